The maximum atomic E-state index is 10.8. The first-order valence-electron chi connectivity index (χ1n) is 8.75. The van der Waals surface area contributed by atoms with E-state index in [1.807, 2.05) is 43.3 Å². The number of rotatable bonds is 6. The lowest BCUT2D eigenvalue weighted by Crippen LogP contribution is -2.15. The zero-order valence-corrected chi connectivity index (χ0v) is 17.4. The smallest absolute Gasteiger partial charge is 0.229 e. The molecule has 0 fully saturated rings. The number of benzene rings is 2. The van der Waals surface area contributed by atoms with Gasteiger partial charge in [-0.2, -0.15) is 4.98 Å². The fraction of sp³-hybridized carbons (Fsp3) is 0.200. The number of nitrogens with zero attached hydrogens (tertiary/aromatic N) is 3. The molecule has 0 saturated heterocycles. The van der Waals surface area contributed by atoms with Crippen molar-refractivity contribution in [2.75, 3.05) is 16.1 Å². The van der Waals surface area contributed by atoms with E-state index in [9.17, 15) is 5.21 Å². The van der Waals surface area contributed by atoms with Crippen molar-refractivity contribution in [1.82, 2.24) is 9.97 Å². The summed E-state index contributed by atoms with van der Waals surface area (Å²) in [4.78, 5) is 9.55. The molecule has 8 heteroatoms. The Bertz CT molecular complexity index is 983. The monoisotopic (exact) mass is 415 g/mol. The topological polar surface area (TPSA) is 87.3 Å². The predicted octanol–water partition coefficient (Wildman–Crippen LogP) is 5.79. The van der Waals surface area contributed by atoms with Crippen LogP contribution in [-0.4, -0.2) is 20.4 Å². The summed E-state index contributed by atoms with van der Waals surface area (Å²) in [7, 11) is 0. The second-order valence-electron chi connectivity index (χ2n) is 6.51. The molecule has 0 spiro atoms. The van der Waals surface area contributed by atoms with Gasteiger partial charge in [0, 0.05) is 21.5 Å². The maximum Gasteiger partial charge on any atom is 0.229 e. The van der Waals surface area contributed by atoms with E-state index in [0.717, 1.165) is 21.2 Å². The number of halogens is 1. The lowest BCUT2D eigenvalue weighted by atomic mass is 10.2. The summed E-state index contributed by atoms with van der Waals surface area (Å²) in [6, 6.07) is 13.1. The highest BCUT2D eigenvalue weighted by atomic mass is 35.5. The number of nitrogen functional groups attached to an aromatic ring is 1. The molecule has 0 amide bonds. The van der Waals surface area contributed by atoms with Crippen LogP contribution in [0.4, 0.5) is 28.8 Å². The van der Waals surface area contributed by atoms with Gasteiger partial charge in [0.1, 0.15) is 5.02 Å². The first kappa shape index (κ1) is 20.3. The molecule has 0 bridgehead atoms. The Kier molecular flexibility index (Phi) is 6.28. The summed E-state index contributed by atoms with van der Waals surface area (Å²) in [5.74, 6) is 0.518. The van der Waals surface area contributed by atoms with Crippen LogP contribution in [0, 0.1) is 6.92 Å². The van der Waals surface area contributed by atoms with Crippen molar-refractivity contribution in [2.24, 2.45) is 0 Å². The van der Waals surface area contributed by atoms with Gasteiger partial charge in [-0.25, -0.2) is 10.0 Å². The molecule has 0 aliphatic carbocycles. The van der Waals surface area contributed by atoms with Crippen LogP contribution in [0.3, 0.4) is 0 Å². The van der Waals surface area contributed by atoms with Crippen LogP contribution in [0.5, 0.6) is 0 Å². The molecule has 0 aliphatic heterocycles. The van der Waals surface area contributed by atoms with Crippen LogP contribution in [-0.2, 0) is 0 Å². The third-order valence-corrected chi connectivity index (χ3v) is 5.22. The van der Waals surface area contributed by atoms with Crippen molar-refractivity contribution in [1.29, 1.82) is 0 Å². The number of nitrogens with two attached hydrogens (primary N) is 1. The number of thioether (sulfide) groups is 1. The number of anilines is 5. The Morgan fingerprint density at radius 3 is 2.68 bits per heavy atom. The average Bonchev–Trinajstić information content (AvgIpc) is 2.65. The minimum Gasteiger partial charge on any atom is -0.399 e. The van der Waals surface area contributed by atoms with E-state index in [1.54, 1.807) is 17.8 Å². The molecule has 1 heterocycles. The standard InChI is InChI=1S/C20H22ClN5OS/c1-12(2)28-18-7-5-4-6-17(18)26(27)19-15(21)11-23-20(25-19)24-16-9-8-14(22)10-13(16)3/h4-12,27H,22H2,1-3H3,(H,23,24,25). The number of para-hydroxylation sites is 1. The van der Waals surface area contributed by atoms with E-state index in [-0.39, 0.29) is 10.8 Å². The van der Waals surface area contributed by atoms with E-state index >= 15 is 0 Å². The first-order chi connectivity index (χ1) is 13.3. The Morgan fingerprint density at radius 2 is 1.96 bits per heavy atom. The van der Waals surface area contributed by atoms with Crippen molar-refractivity contribution in [3.05, 3.63) is 59.2 Å². The highest BCUT2D eigenvalue weighted by Gasteiger charge is 2.18. The third-order valence-electron chi connectivity index (χ3n) is 3.88. The molecule has 0 saturated carbocycles. The van der Waals surface area contributed by atoms with E-state index in [2.05, 4.69) is 29.1 Å². The summed E-state index contributed by atoms with van der Waals surface area (Å²) < 4.78 is 0. The number of hydrogen-bond acceptors (Lipinski definition) is 7. The van der Waals surface area contributed by atoms with Gasteiger partial charge in [0.25, 0.3) is 0 Å². The van der Waals surface area contributed by atoms with Gasteiger partial charge in [0.05, 0.1) is 11.9 Å². The molecule has 4 N–H and O–H groups in total. The molecule has 0 aliphatic rings. The molecule has 28 heavy (non-hydrogen) atoms. The molecule has 1 aromatic heterocycles. The molecule has 3 rings (SSSR count). The van der Waals surface area contributed by atoms with Crippen molar-refractivity contribution >= 4 is 52.2 Å². The first-order valence-corrected chi connectivity index (χ1v) is 10.0. The Labute approximate surface area is 173 Å². The molecule has 0 unspecified atom stereocenters. The van der Waals surface area contributed by atoms with E-state index < -0.39 is 0 Å². The minimum atomic E-state index is 0.198. The molecular formula is C20H22ClN5OS. The predicted molar refractivity (Wildman–Crippen MR) is 117 cm³/mol. The normalized spacial score (nSPS) is 10.9. The molecular weight excluding hydrogens is 394 g/mol. The quantitative estimate of drug-likeness (QED) is 0.266. The van der Waals surface area contributed by atoms with E-state index in [1.165, 1.54) is 6.20 Å². The number of hydrogen-bond donors (Lipinski definition) is 3. The van der Waals surface area contributed by atoms with Gasteiger partial charge in [-0.3, -0.25) is 5.21 Å². The second-order valence-corrected chi connectivity index (χ2v) is 8.54. The Morgan fingerprint density at radius 1 is 1.21 bits per heavy atom. The van der Waals surface area contributed by atoms with Crippen molar-refractivity contribution in [2.45, 2.75) is 30.9 Å². The molecule has 3 aromatic rings. The fourth-order valence-electron chi connectivity index (χ4n) is 2.61. The second kappa shape index (κ2) is 8.68. The van der Waals surface area contributed by atoms with Crippen molar-refractivity contribution < 1.29 is 5.21 Å². The summed E-state index contributed by atoms with van der Waals surface area (Å²) >= 11 is 7.92. The zero-order valence-electron chi connectivity index (χ0n) is 15.8. The lowest BCUT2D eigenvalue weighted by Gasteiger charge is -2.21. The average molecular weight is 416 g/mol. The third kappa shape index (κ3) is 4.67. The molecule has 0 atom stereocenters. The molecule has 146 valence electrons. The zero-order chi connectivity index (χ0) is 20.3. The van der Waals surface area contributed by atoms with Crippen molar-refractivity contribution in [3.8, 4) is 0 Å². The lowest BCUT2D eigenvalue weighted by molar-refractivity contribution is 0.296. The summed E-state index contributed by atoms with van der Waals surface area (Å²) in [6.07, 6.45) is 1.46. The largest absolute Gasteiger partial charge is 0.399 e. The van der Waals surface area contributed by atoms with Gasteiger partial charge in [0.15, 0.2) is 5.82 Å². The highest BCUT2D eigenvalue weighted by molar-refractivity contribution is 8.00. The number of aromatic nitrogens is 2. The van der Waals surface area contributed by atoms with Crippen LogP contribution in [0.25, 0.3) is 0 Å². The summed E-state index contributed by atoms with van der Waals surface area (Å²) in [5, 5.41) is 15.6. The van der Waals surface area contributed by atoms with Gasteiger partial charge in [-0.05, 0) is 42.8 Å². The Balaban J connectivity index is 1.93. The van der Waals surface area contributed by atoms with Gasteiger partial charge >= 0.3 is 0 Å². The highest BCUT2D eigenvalue weighted by Crippen LogP contribution is 2.37. The number of aryl methyl sites for hydroxylation is 1. The maximum absolute atomic E-state index is 10.8. The molecule has 0 radical (unpaired) electrons. The van der Waals surface area contributed by atoms with E-state index in [4.69, 9.17) is 17.3 Å². The number of nitrogens with one attached hydrogen (secondary N) is 1. The minimum absolute atomic E-state index is 0.198. The van der Waals surface area contributed by atoms with Crippen LogP contribution in [0.2, 0.25) is 5.02 Å². The summed E-state index contributed by atoms with van der Waals surface area (Å²) in [5.41, 5.74) is 8.87. The van der Waals surface area contributed by atoms with Crippen LogP contribution < -0.4 is 16.1 Å². The van der Waals surface area contributed by atoms with Crippen LogP contribution in [0.1, 0.15) is 19.4 Å². The van der Waals surface area contributed by atoms with Crippen LogP contribution >= 0.6 is 23.4 Å². The van der Waals surface area contributed by atoms with Gasteiger partial charge in [-0.15, -0.1) is 11.8 Å². The molecule has 6 nitrogen and oxygen atoms in total. The van der Waals surface area contributed by atoms with Gasteiger partial charge in [-0.1, -0.05) is 37.6 Å². The Hall–Kier alpha value is -2.48. The molecule has 2 aromatic carbocycles. The van der Waals surface area contributed by atoms with E-state index in [0.29, 0.717) is 22.6 Å². The summed E-state index contributed by atoms with van der Waals surface area (Å²) in [6.45, 7) is 6.13. The van der Waals surface area contributed by atoms with Gasteiger partial charge < -0.3 is 11.1 Å². The SMILES string of the molecule is Cc1cc(N)ccc1Nc1ncc(Cl)c(N(O)c2ccccc2SC(C)C)n1. The van der Waals surface area contributed by atoms with Gasteiger partial charge in [0.2, 0.25) is 5.95 Å². The van der Waals surface area contributed by atoms with Crippen molar-refractivity contribution in [3.63, 3.8) is 0 Å². The fourth-order valence-corrected chi connectivity index (χ4v) is 3.73. The van der Waals surface area contributed by atoms with Crippen LogP contribution in [0.15, 0.2) is 53.6 Å².